The summed E-state index contributed by atoms with van der Waals surface area (Å²) >= 11 is 17.9. The van der Waals surface area contributed by atoms with E-state index >= 15 is 0 Å². The van der Waals surface area contributed by atoms with Crippen molar-refractivity contribution >= 4 is 58.0 Å². The van der Waals surface area contributed by atoms with Crippen molar-refractivity contribution in [1.29, 1.82) is 0 Å². The number of amides is 2. The second-order valence-electron chi connectivity index (χ2n) is 5.48. The van der Waals surface area contributed by atoms with Gasteiger partial charge in [-0.3, -0.25) is 9.59 Å². The monoisotopic (exact) mass is 429 g/mol. The number of carbonyl (C=O) groups is 2. The minimum Gasteiger partial charge on any atom is -0.383 e. The average Bonchev–Trinajstić information content (AvgIpc) is 2.64. The predicted molar refractivity (Wildman–Crippen MR) is 109 cm³/mol. The molecule has 2 aromatic carbocycles. The van der Waals surface area contributed by atoms with Crippen LogP contribution in [0.15, 0.2) is 36.4 Å². The van der Waals surface area contributed by atoms with Crippen LogP contribution in [0.1, 0.15) is 10.4 Å². The van der Waals surface area contributed by atoms with Crippen LogP contribution in [0.5, 0.6) is 0 Å². The molecule has 3 N–H and O–H groups in total. The Bertz CT molecular complexity index is 831. The minimum absolute atomic E-state index is 0.0397. The quantitative estimate of drug-likeness (QED) is 0.436. The van der Waals surface area contributed by atoms with Gasteiger partial charge in [0.1, 0.15) is 0 Å². The number of benzene rings is 2. The largest absolute Gasteiger partial charge is 0.383 e. The number of carbonyl (C=O) groups excluding carboxylic acids is 2. The van der Waals surface area contributed by atoms with Crippen LogP contribution < -0.4 is 16.0 Å². The number of methoxy groups -OCH3 is 1. The molecule has 0 aliphatic heterocycles. The zero-order valence-electron chi connectivity index (χ0n) is 14.4. The van der Waals surface area contributed by atoms with E-state index in [4.69, 9.17) is 39.5 Å². The van der Waals surface area contributed by atoms with Crippen LogP contribution in [0.4, 0.5) is 11.4 Å². The highest BCUT2D eigenvalue weighted by atomic mass is 35.5. The Morgan fingerprint density at radius 3 is 2.52 bits per heavy atom. The van der Waals surface area contributed by atoms with Crippen molar-refractivity contribution in [3.63, 3.8) is 0 Å². The average molecular weight is 431 g/mol. The van der Waals surface area contributed by atoms with Crippen molar-refractivity contribution < 1.29 is 14.3 Å². The molecule has 2 amide bonds. The van der Waals surface area contributed by atoms with Crippen molar-refractivity contribution in [2.24, 2.45) is 0 Å². The fourth-order valence-electron chi connectivity index (χ4n) is 2.15. The summed E-state index contributed by atoms with van der Waals surface area (Å²) in [7, 11) is 1.56. The third-order valence-corrected chi connectivity index (χ3v) is 4.48. The summed E-state index contributed by atoms with van der Waals surface area (Å²) in [6.07, 6.45) is 0. The van der Waals surface area contributed by atoms with E-state index in [1.54, 1.807) is 37.4 Å². The van der Waals surface area contributed by atoms with Crippen molar-refractivity contribution in [1.82, 2.24) is 5.32 Å². The molecule has 6 nitrogen and oxygen atoms in total. The molecule has 0 aliphatic carbocycles. The first-order valence-corrected chi connectivity index (χ1v) is 9.09. The zero-order valence-corrected chi connectivity index (χ0v) is 16.7. The van der Waals surface area contributed by atoms with Gasteiger partial charge >= 0.3 is 0 Å². The first-order valence-electron chi connectivity index (χ1n) is 7.96. The Morgan fingerprint density at radius 1 is 1.04 bits per heavy atom. The Morgan fingerprint density at radius 2 is 1.78 bits per heavy atom. The lowest BCUT2D eigenvalue weighted by Crippen LogP contribution is -2.27. The molecule has 0 bridgehead atoms. The Hall–Kier alpha value is -1.99. The molecule has 9 heteroatoms. The maximum absolute atomic E-state index is 12.1. The van der Waals surface area contributed by atoms with Crippen LogP contribution in [0.25, 0.3) is 0 Å². The predicted octanol–water partition coefficient (Wildman–Crippen LogP) is 4.07. The summed E-state index contributed by atoms with van der Waals surface area (Å²) in [4.78, 5) is 24.2. The van der Waals surface area contributed by atoms with E-state index in [1.165, 1.54) is 6.07 Å². The third-order valence-electron chi connectivity index (χ3n) is 3.45. The van der Waals surface area contributed by atoms with Gasteiger partial charge < -0.3 is 20.7 Å². The molecule has 2 rings (SSSR count). The van der Waals surface area contributed by atoms with Gasteiger partial charge in [-0.15, -0.1) is 0 Å². The summed E-state index contributed by atoms with van der Waals surface area (Å²) in [6.45, 7) is 0.785. The van der Waals surface area contributed by atoms with Crippen LogP contribution >= 0.6 is 34.8 Å². The van der Waals surface area contributed by atoms with Crippen molar-refractivity contribution in [3.05, 3.63) is 57.0 Å². The van der Waals surface area contributed by atoms with Gasteiger partial charge in [-0.2, -0.15) is 0 Å². The highest BCUT2D eigenvalue weighted by Crippen LogP contribution is 2.32. The first kappa shape index (κ1) is 21.3. The fraction of sp³-hybridized carbons (Fsp3) is 0.222. The molecule has 0 radical (unpaired) electrons. The lowest BCUT2D eigenvalue weighted by atomic mass is 10.2. The molecule has 0 heterocycles. The Kier molecular flexibility index (Phi) is 8.19. The molecule has 0 aromatic heterocycles. The van der Waals surface area contributed by atoms with Gasteiger partial charge in [0.25, 0.3) is 5.91 Å². The van der Waals surface area contributed by atoms with E-state index in [0.29, 0.717) is 45.2 Å². The Balaban J connectivity index is 1.93. The molecule has 0 fully saturated rings. The molecule has 144 valence electrons. The highest BCUT2D eigenvalue weighted by Gasteiger charge is 2.10. The van der Waals surface area contributed by atoms with E-state index in [9.17, 15) is 9.59 Å². The number of hydrogen-bond acceptors (Lipinski definition) is 4. The number of hydrogen-bond donors (Lipinski definition) is 3. The Labute approximate surface area is 172 Å². The van der Waals surface area contributed by atoms with E-state index in [0.717, 1.165) is 0 Å². The van der Waals surface area contributed by atoms with Crippen LogP contribution in [-0.2, 0) is 9.53 Å². The SMILES string of the molecule is COCCNC(=O)c1cccc(NC(=O)CNc2cc(Cl)c(Cl)cc2Cl)c1. The molecule has 2 aromatic rings. The van der Waals surface area contributed by atoms with Gasteiger partial charge in [-0.05, 0) is 30.3 Å². The van der Waals surface area contributed by atoms with Crippen molar-refractivity contribution in [3.8, 4) is 0 Å². The lowest BCUT2D eigenvalue weighted by Gasteiger charge is -2.11. The molecule has 27 heavy (non-hydrogen) atoms. The van der Waals surface area contributed by atoms with Gasteiger partial charge in [0.15, 0.2) is 0 Å². The summed E-state index contributed by atoms with van der Waals surface area (Å²) < 4.78 is 4.89. The van der Waals surface area contributed by atoms with E-state index < -0.39 is 0 Å². The van der Waals surface area contributed by atoms with Crippen molar-refractivity contribution in [2.45, 2.75) is 0 Å². The normalized spacial score (nSPS) is 10.4. The van der Waals surface area contributed by atoms with E-state index in [1.807, 2.05) is 0 Å². The zero-order chi connectivity index (χ0) is 19.8. The molecular formula is C18H18Cl3N3O3. The second-order valence-corrected chi connectivity index (χ2v) is 6.70. The van der Waals surface area contributed by atoms with E-state index in [-0.39, 0.29) is 18.4 Å². The van der Waals surface area contributed by atoms with Gasteiger partial charge in [0.05, 0.1) is 33.9 Å². The highest BCUT2D eigenvalue weighted by molar-refractivity contribution is 6.44. The second kappa shape index (κ2) is 10.4. The van der Waals surface area contributed by atoms with Gasteiger partial charge in [0, 0.05) is 24.9 Å². The fourth-order valence-corrected chi connectivity index (χ4v) is 2.76. The lowest BCUT2D eigenvalue weighted by molar-refractivity contribution is -0.114. The molecule has 0 atom stereocenters. The molecule has 0 aliphatic rings. The third kappa shape index (κ3) is 6.59. The summed E-state index contributed by atoms with van der Waals surface area (Å²) in [6, 6.07) is 9.67. The summed E-state index contributed by atoms with van der Waals surface area (Å²) in [5.41, 5.74) is 1.43. The van der Waals surface area contributed by atoms with Crippen LogP contribution in [0, 0.1) is 0 Å². The first-order chi connectivity index (χ1) is 12.9. The molecular weight excluding hydrogens is 413 g/mol. The summed E-state index contributed by atoms with van der Waals surface area (Å²) in [5.74, 6) is -0.557. The van der Waals surface area contributed by atoms with Crippen molar-refractivity contribution in [2.75, 3.05) is 37.4 Å². The maximum Gasteiger partial charge on any atom is 0.251 e. The number of halogens is 3. The number of nitrogens with one attached hydrogen (secondary N) is 3. The van der Waals surface area contributed by atoms with Crippen LogP contribution in [0.3, 0.4) is 0 Å². The smallest absolute Gasteiger partial charge is 0.251 e. The minimum atomic E-state index is -0.311. The maximum atomic E-state index is 12.1. The van der Waals surface area contributed by atoms with Crippen LogP contribution in [-0.4, -0.2) is 38.6 Å². The standard InChI is InChI=1S/C18H18Cl3N3O3/c1-27-6-5-22-18(26)11-3-2-4-12(7-11)24-17(25)10-23-16-9-14(20)13(19)8-15(16)21/h2-4,7-9,23H,5-6,10H2,1H3,(H,22,26)(H,24,25). The topological polar surface area (TPSA) is 79.5 Å². The molecule has 0 spiro atoms. The van der Waals surface area contributed by atoms with Crippen LogP contribution in [0.2, 0.25) is 15.1 Å². The molecule has 0 saturated heterocycles. The van der Waals surface area contributed by atoms with E-state index in [2.05, 4.69) is 16.0 Å². The van der Waals surface area contributed by atoms with Gasteiger partial charge in [-0.1, -0.05) is 40.9 Å². The number of rotatable bonds is 8. The van der Waals surface area contributed by atoms with Gasteiger partial charge in [-0.25, -0.2) is 0 Å². The molecule has 0 unspecified atom stereocenters. The summed E-state index contributed by atoms with van der Waals surface area (Å²) in [5, 5.41) is 9.33. The van der Waals surface area contributed by atoms with Gasteiger partial charge in [0.2, 0.25) is 5.91 Å². The number of anilines is 2. The number of ether oxygens (including phenoxy) is 1. The molecule has 0 saturated carbocycles.